The Morgan fingerprint density at radius 1 is 1.15 bits per heavy atom. The predicted molar refractivity (Wildman–Crippen MR) is 77.3 cm³/mol. The summed E-state index contributed by atoms with van der Waals surface area (Å²) in [5.41, 5.74) is 8.47. The number of aromatic nitrogens is 4. The Balaban J connectivity index is 1.65. The summed E-state index contributed by atoms with van der Waals surface area (Å²) in [4.78, 5) is 8.34. The van der Waals surface area contributed by atoms with E-state index in [9.17, 15) is 0 Å². The highest BCUT2D eigenvalue weighted by atomic mass is 15.3. The first-order valence-electron chi connectivity index (χ1n) is 6.53. The Hall–Kier alpha value is -2.47. The lowest BCUT2D eigenvalue weighted by molar-refractivity contribution is 0.910. The molecule has 3 rings (SSSR count). The van der Waals surface area contributed by atoms with Crippen molar-refractivity contribution < 1.29 is 0 Å². The Morgan fingerprint density at radius 2 is 2.00 bits per heavy atom. The van der Waals surface area contributed by atoms with Crippen LogP contribution in [0.3, 0.4) is 0 Å². The highest BCUT2D eigenvalue weighted by Crippen LogP contribution is 2.08. The maximum absolute atomic E-state index is 5.57. The molecule has 0 aliphatic rings. The molecule has 0 aliphatic carbocycles. The lowest BCUT2D eigenvalue weighted by atomic mass is 10.2. The van der Waals surface area contributed by atoms with Gasteiger partial charge in [0.1, 0.15) is 5.82 Å². The van der Waals surface area contributed by atoms with Gasteiger partial charge in [-0.3, -0.25) is 4.98 Å². The first-order valence-corrected chi connectivity index (χ1v) is 6.53. The molecule has 0 aromatic carbocycles. The third-order valence-electron chi connectivity index (χ3n) is 3.05. The van der Waals surface area contributed by atoms with Crippen LogP contribution in [-0.2, 0) is 13.0 Å². The summed E-state index contributed by atoms with van der Waals surface area (Å²) in [6.45, 7) is 1.25. The van der Waals surface area contributed by atoms with E-state index < -0.39 is 0 Å². The van der Waals surface area contributed by atoms with Crippen LogP contribution < -0.4 is 11.1 Å². The van der Waals surface area contributed by atoms with Gasteiger partial charge in [-0.2, -0.15) is 0 Å². The second-order valence-corrected chi connectivity index (χ2v) is 4.49. The summed E-state index contributed by atoms with van der Waals surface area (Å²) < 4.78 is 1.75. The lowest BCUT2D eigenvalue weighted by Crippen LogP contribution is -2.07. The fraction of sp³-hybridized carbons (Fsp3) is 0.214. The summed E-state index contributed by atoms with van der Waals surface area (Å²) in [5.74, 6) is 0.826. The average Bonchev–Trinajstić information content (AvgIpc) is 2.91. The highest BCUT2D eigenvalue weighted by Gasteiger charge is 2.02. The van der Waals surface area contributed by atoms with Gasteiger partial charge in [0.05, 0.1) is 11.9 Å². The van der Waals surface area contributed by atoms with Crippen LogP contribution >= 0.6 is 0 Å². The summed E-state index contributed by atoms with van der Waals surface area (Å²) in [5, 5.41) is 7.75. The summed E-state index contributed by atoms with van der Waals surface area (Å²) in [7, 11) is 0. The number of nitrogens with zero attached hydrogens (tertiary/aromatic N) is 4. The maximum Gasteiger partial charge on any atom is 0.153 e. The second-order valence-electron chi connectivity index (χ2n) is 4.49. The molecule has 0 spiro atoms. The Kier molecular flexibility index (Phi) is 3.56. The van der Waals surface area contributed by atoms with Gasteiger partial charge in [-0.25, -0.2) is 9.50 Å². The van der Waals surface area contributed by atoms with Crippen molar-refractivity contribution in [2.45, 2.75) is 13.0 Å². The molecule has 3 aromatic rings. The normalized spacial score (nSPS) is 10.8. The zero-order chi connectivity index (χ0) is 13.8. The van der Waals surface area contributed by atoms with E-state index in [2.05, 4.69) is 20.4 Å². The molecule has 0 amide bonds. The molecule has 3 N–H and O–H groups in total. The van der Waals surface area contributed by atoms with Crippen molar-refractivity contribution in [3.8, 4) is 0 Å². The molecule has 6 nitrogen and oxygen atoms in total. The molecule has 0 radical (unpaired) electrons. The number of nitrogens with two attached hydrogens (primary N) is 1. The van der Waals surface area contributed by atoms with Gasteiger partial charge in [-0.05, 0) is 36.2 Å². The molecule has 0 atom stereocenters. The van der Waals surface area contributed by atoms with Crippen molar-refractivity contribution in [2.75, 3.05) is 11.9 Å². The average molecular weight is 268 g/mol. The summed E-state index contributed by atoms with van der Waals surface area (Å²) >= 11 is 0. The van der Waals surface area contributed by atoms with Crippen LogP contribution in [0.15, 0.2) is 42.9 Å². The van der Waals surface area contributed by atoms with Crippen LogP contribution in [0.2, 0.25) is 0 Å². The van der Waals surface area contributed by atoms with Gasteiger partial charge in [-0.1, -0.05) is 0 Å². The predicted octanol–water partition coefficient (Wildman–Crippen LogP) is 1.24. The van der Waals surface area contributed by atoms with Gasteiger partial charge in [0.15, 0.2) is 5.65 Å². The standard InChI is InChI=1S/C14H16N6/c15-9-12-10-20-14(18-12)2-1-13(19-20)17-8-5-11-3-6-16-7-4-11/h1-4,6-7,10H,5,8-9,15H2,(H,17,19). The van der Waals surface area contributed by atoms with E-state index in [1.807, 2.05) is 30.5 Å². The molecule has 0 aliphatic heterocycles. The van der Waals surface area contributed by atoms with Crippen LogP contribution in [0, 0.1) is 0 Å². The number of anilines is 1. The number of fused-ring (bicyclic) bond motifs is 1. The monoisotopic (exact) mass is 268 g/mol. The number of pyridine rings is 1. The molecule has 0 saturated carbocycles. The number of rotatable bonds is 5. The largest absolute Gasteiger partial charge is 0.368 e. The van der Waals surface area contributed by atoms with Crippen LogP contribution in [0.4, 0.5) is 5.82 Å². The van der Waals surface area contributed by atoms with Crippen LogP contribution in [0.25, 0.3) is 5.65 Å². The van der Waals surface area contributed by atoms with Crippen LogP contribution in [0.1, 0.15) is 11.3 Å². The Morgan fingerprint density at radius 3 is 2.80 bits per heavy atom. The van der Waals surface area contributed by atoms with Crippen molar-refractivity contribution in [3.63, 3.8) is 0 Å². The number of nitrogens with one attached hydrogen (secondary N) is 1. The van der Waals surface area contributed by atoms with Gasteiger partial charge in [0.2, 0.25) is 0 Å². The summed E-state index contributed by atoms with van der Waals surface area (Å²) in [6, 6.07) is 7.89. The molecule has 0 unspecified atom stereocenters. The molecule has 20 heavy (non-hydrogen) atoms. The second kappa shape index (κ2) is 5.66. The quantitative estimate of drug-likeness (QED) is 0.727. The van der Waals surface area contributed by atoms with Gasteiger partial charge in [-0.15, -0.1) is 5.10 Å². The van der Waals surface area contributed by atoms with E-state index in [0.717, 1.165) is 30.1 Å². The van der Waals surface area contributed by atoms with Crippen LogP contribution in [0.5, 0.6) is 0 Å². The SMILES string of the molecule is NCc1cn2nc(NCCc3ccncc3)ccc2n1. The number of imidazole rings is 1. The third-order valence-corrected chi connectivity index (χ3v) is 3.05. The minimum Gasteiger partial charge on any atom is -0.368 e. The van der Waals surface area contributed by atoms with Crippen molar-refractivity contribution in [2.24, 2.45) is 5.73 Å². The first kappa shape index (κ1) is 12.6. The zero-order valence-electron chi connectivity index (χ0n) is 11.0. The van der Waals surface area contributed by atoms with E-state index in [0.29, 0.717) is 6.54 Å². The Labute approximate surface area is 116 Å². The maximum atomic E-state index is 5.57. The lowest BCUT2D eigenvalue weighted by Gasteiger charge is -2.05. The molecule has 102 valence electrons. The van der Waals surface area contributed by atoms with Crippen molar-refractivity contribution in [1.82, 2.24) is 19.6 Å². The van der Waals surface area contributed by atoms with E-state index in [1.54, 1.807) is 16.9 Å². The Bertz CT molecular complexity index is 691. The molecule has 0 saturated heterocycles. The topological polar surface area (TPSA) is 81.1 Å². The van der Waals surface area contributed by atoms with Crippen molar-refractivity contribution >= 4 is 11.5 Å². The van der Waals surface area contributed by atoms with Crippen LogP contribution in [-0.4, -0.2) is 26.1 Å². The highest BCUT2D eigenvalue weighted by molar-refractivity contribution is 5.45. The molecule has 3 heterocycles. The minimum atomic E-state index is 0.425. The zero-order valence-corrected chi connectivity index (χ0v) is 11.0. The minimum absolute atomic E-state index is 0.425. The van der Waals surface area contributed by atoms with Gasteiger partial charge >= 0.3 is 0 Å². The molecular weight excluding hydrogens is 252 g/mol. The van der Waals surface area contributed by atoms with E-state index >= 15 is 0 Å². The molecule has 0 bridgehead atoms. The molecule has 6 heteroatoms. The molecule has 0 fully saturated rings. The summed E-state index contributed by atoms with van der Waals surface area (Å²) in [6.07, 6.45) is 6.39. The van der Waals surface area contributed by atoms with E-state index in [4.69, 9.17) is 5.73 Å². The third kappa shape index (κ3) is 2.75. The first-order chi connectivity index (χ1) is 9.85. The smallest absolute Gasteiger partial charge is 0.153 e. The van der Waals surface area contributed by atoms with Crippen molar-refractivity contribution in [3.05, 3.63) is 54.1 Å². The van der Waals surface area contributed by atoms with Gasteiger partial charge in [0, 0.05) is 25.5 Å². The number of hydrogen-bond donors (Lipinski definition) is 2. The van der Waals surface area contributed by atoms with E-state index in [-0.39, 0.29) is 0 Å². The fourth-order valence-electron chi connectivity index (χ4n) is 2.01. The van der Waals surface area contributed by atoms with Gasteiger partial charge < -0.3 is 11.1 Å². The molecule has 3 aromatic heterocycles. The fourth-order valence-corrected chi connectivity index (χ4v) is 2.01. The molecular formula is C14H16N6. The van der Waals surface area contributed by atoms with Crippen molar-refractivity contribution in [1.29, 1.82) is 0 Å². The number of hydrogen-bond acceptors (Lipinski definition) is 5. The van der Waals surface area contributed by atoms with E-state index in [1.165, 1.54) is 5.56 Å². The van der Waals surface area contributed by atoms with Gasteiger partial charge in [0.25, 0.3) is 0 Å².